The lowest BCUT2D eigenvalue weighted by Gasteiger charge is -2.42. The lowest BCUT2D eigenvalue weighted by atomic mass is 10.1. The average Bonchev–Trinajstić information content (AvgIpc) is 3.38. The second-order valence-corrected chi connectivity index (χ2v) is 8.95. The third-order valence-electron chi connectivity index (χ3n) is 5.68. The Morgan fingerprint density at radius 1 is 1.15 bits per heavy atom. The molecule has 3 aliphatic rings. The molecule has 2 heterocycles. The fourth-order valence-corrected chi connectivity index (χ4v) is 4.35. The molecule has 1 aromatic rings. The van der Waals surface area contributed by atoms with Gasteiger partial charge in [-0.15, -0.1) is 0 Å². The molecule has 2 unspecified atom stereocenters. The van der Waals surface area contributed by atoms with Crippen LogP contribution < -0.4 is 4.90 Å². The van der Waals surface area contributed by atoms with Gasteiger partial charge in [0.2, 0.25) is 0 Å². The van der Waals surface area contributed by atoms with E-state index in [-0.39, 0.29) is 28.8 Å². The van der Waals surface area contributed by atoms with Crippen molar-refractivity contribution in [3.05, 3.63) is 33.9 Å². The highest BCUT2D eigenvalue weighted by Crippen LogP contribution is 2.46. The van der Waals surface area contributed by atoms with Gasteiger partial charge in [-0.05, 0) is 64.5 Å². The van der Waals surface area contributed by atoms with Gasteiger partial charge in [0.25, 0.3) is 5.69 Å². The molecule has 2 bridgehead atoms. The van der Waals surface area contributed by atoms with Gasteiger partial charge in [0, 0.05) is 30.4 Å². The van der Waals surface area contributed by atoms with E-state index in [9.17, 15) is 14.9 Å². The van der Waals surface area contributed by atoms with Crippen molar-refractivity contribution >= 4 is 17.5 Å². The number of amides is 1. The van der Waals surface area contributed by atoms with E-state index in [0.717, 1.165) is 50.0 Å². The largest absolute Gasteiger partial charge is 0.444 e. The van der Waals surface area contributed by atoms with Crippen molar-refractivity contribution in [1.29, 1.82) is 0 Å². The van der Waals surface area contributed by atoms with Crippen LogP contribution in [0, 0.1) is 10.1 Å². The summed E-state index contributed by atoms with van der Waals surface area (Å²) in [5, 5.41) is 11.3. The molecule has 146 valence electrons. The van der Waals surface area contributed by atoms with Crippen LogP contribution in [-0.2, 0) is 4.74 Å². The van der Waals surface area contributed by atoms with E-state index in [4.69, 9.17) is 4.74 Å². The second-order valence-electron chi connectivity index (χ2n) is 8.95. The fraction of sp³-hybridized carbons (Fsp3) is 0.650. The summed E-state index contributed by atoms with van der Waals surface area (Å²) in [6.45, 7) is 7.16. The number of nitro benzene ring substituents is 1. The van der Waals surface area contributed by atoms with Gasteiger partial charge < -0.3 is 9.64 Å². The summed E-state index contributed by atoms with van der Waals surface area (Å²) in [7, 11) is 0. The van der Waals surface area contributed by atoms with E-state index in [1.165, 1.54) is 0 Å². The molecular weight excluding hydrogens is 346 g/mol. The molecule has 7 heteroatoms. The van der Waals surface area contributed by atoms with E-state index >= 15 is 0 Å². The van der Waals surface area contributed by atoms with Gasteiger partial charge in [0.05, 0.1) is 17.0 Å². The Labute approximate surface area is 159 Å². The molecule has 2 aliphatic heterocycles. The molecule has 0 spiro atoms. The Balaban J connectivity index is 1.53. The Morgan fingerprint density at radius 2 is 1.78 bits per heavy atom. The molecule has 2 atom stereocenters. The van der Waals surface area contributed by atoms with Gasteiger partial charge in [-0.1, -0.05) is 0 Å². The predicted octanol–water partition coefficient (Wildman–Crippen LogP) is 4.06. The van der Waals surface area contributed by atoms with E-state index < -0.39 is 5.60 Å². The summed E-state index contributed by atoms with van der Waals surface area (Å²) < 4.78 is 5.59. The van der Waals surface area contributed by atoms with Crippen molar-refractivity contribution in [2.24, 2.45) is 0 Å². The quantitative estimate of drug-likeness (QED) is 0.590. The van der Waals surface area contributed by atoms with Crippen molar-refractivity contribution in [2.45, 2.75) is 70.1 Å². The van der Waals surface area contributed by atoms with E-state index in [1.807, 2.05) is 37.8 Å². The van der Waals surface area contributed by atoms with Crippen LogP contribution in [0.25, 0.3) is 0 Å². The third kappa shape index (κ3) is 3.59. The Morgan fingerprint density at radius 3 is 2.30 bits per heavy atom. The summed E-state index contributed by atoms with van der Waals surface area (Å²) in [6.07, 6.45) is 3.78. The minimum Gasteiger partial charge on any atom is -0.444 e. The number of fused-ring (bicyclic) bond motifs is 2. The number of piperazine rings is 1. The van der Waals surface area contributed by atoms with Crippen LogP contribution in [0.1, 0.15) is 57.9 Å². The molecule has 0 N–H and O–H groups in total. The molecule has 4 rings (SSSR count). The van der Waals surface area contributed by atoms with Crippen LogP contribution >= 0.6 is 0 Å². The maximum atomic E-state index is 12.6. The molecular formula is C20H27N3O4. The van der Waals surface area contributed by atoms with Crippen molar-refractivity contribution in [3.63, 3.8) is 0 Å². The fourth-order valence-electron chi connectivity index (χ4n) is 4.35. The normalized spacial score (nSPS) is 24.9. The highest BCUT2D eigenvalue weighted by Gasteiger charge is 2.44. The lowest BCUT2D eigenvalue weighted by molar-refractivity contribution is -0.385. The van der Waals surface area contributed by atoms with Crippen LogP contribution in [0.15, 0.2) is 18.2 Å². The number of carbonyl (C=O) groups is 1. The molecule has 0 aromatic heterocycles. The van der Waals surface area contributed by atoms with Crippen molar-refractivity contribution in [1.82, 2.24) is 4.90 Å². The number of carbonyl (C=O) groups excluding carboxylic acids is 1. The molecule has 1 aromatic carbocycles. The molecule has 3 fully saturated rings. The molecule has 1 aliphatic carbocycles. The zero-order valence-electron chi connectivity index (χ0n) is 16.2. The molecule has 7 nitrogen and oxygen atoms in total. The second kappa shape index (κ2) is 6.39. The van der Waals surface area contributed by atoms with Crippen LogP contribution in [0.3, 0.4) is 0 Å². The lowest BCUT2D eigenvalue weighted by Crippen LogP contribution is -2.56. The monoisotopic (exact) mass is 373 g/mol. The summed E-state index contributed by atoms with van der Waals surface area (Å²) in [5.74, 6) is 0.324. The molecule has 1 amide bonds. The van der Waals surface area contributed by atoms with Crippen molar-refractivity contribution < 1.29 is 14.5 Å². The Bertz CT molecular complexity index is 755. The first-order chi connectivity index (χ1) is 12.7. The smallest absolute Gasteiger partial charge is 0.410 e. The maximum Gasteiger partial charge on any atom is 0.410 e. The van der Waals surface area contributed by atoms with Crippen molar-refractivity contribution in [2.75, 3.05) is 18.0 Å². The first kappa shape index (κ1) is 18.1. The van der Waals surface area contributed by atoms with E-state index in [0.29, 0.717) is 5.92 Å². The van der Waals surface area contributed by atoms with Gasteiger partial charge in [-0.25, -0.2) is 4.79 Å². The zero-order valence-corrected chi connectivity index (χ0v) is 16.2. The third-order valence-corrected chi connectivity index (χ3v) is 5.68. The van der Waals surface area contributed by atoms with Crippen LogP contribution in [0.4, 0.5) is 16.2 Å². The highest BCUT2D eigenvalue weighted by molar-refractivity contribution is 5.70. The maximum absolute atomic E-state index is 12.6. The Hall–Kier alpha value is -2.31. The van der Waals surface area contributed by atoms with E-state index in [2.05, 4.69) is 4.90 Å². The number of ether oxygens (including phenoxy) is 1. The number of benzene rings is 1. The molecule has 2 saturated heterocycles. The summed E-state index contributed by atoms with van der Waals surface area (Å²) in [5.41, 5.74) is 1.63. The number of hydrogen-bond acceptors (Lipinski definition) is 5. The number of anilines is 1. The summed E-state index contributed by atoms with van der Waals surface area (Å²) in [6, 6.07) is 5.77. The zero-order chi connectivity index (χ0) is 19.3. The molecule has 0 radical (unpaired) electrons. The Kier molecular flexibility index (Phi) is 4.28. The van der Waals surface area contributed by atoms with Crippen LogP contribution in [0.2, 0.25) is 0 Å². The van der Waals surface area contributed by atoms with E-state index in [1.54, 1.807) is 6.07 Å². The van der Waals surface area contributed by atoms with Crippen molar-refractivity contribution in [3.8, 4) is 0 Å². The minimum atomic E-state index is -0.495. The highest BCUT2D eigenvalue weighted by atomic mass is 16.6. The first-order valence-electron chi connectivity index (χ1n) is 9.77. The van der Waals surface area contributed by atoms with Gasteiger partial charge in [0.1, 0.15) is 5.60 Å². The number of rotatable bonds is 3. The predicted molar refractivity (Wildman–Crippen MR) is 102 cm³/mol. The SMILES string of the molecule is CC(C)(C)OC(=O)N1C2CCC1CN(c1ccc([N+](=O)[O-])c(C3CC3)c1)C2. The first-order valence-corrected chi connectivity index (χ1v) is 9.77. The average molecular weight is 373 g/mol. The summed E-state index contributed by atoms with van der Waals surface area (Å²) >= 11 is 0. The number of hydrogen-bond donors (Lipinski definition) is 0. The van der Waals surface area contributed by atoms with Gasteiger partial charge >= 0.3 is 6.09 Å². The molecule has 1 saturated carbocycles. The molecule has 27 heavy (non-hydrogen) atoms. The van der Waals surface area contributed by atoms with Gasteiger partial charge in [0.15, 0.2) is 0 Å². The standard InChI is InChI=1S/C20H27N3O4/c1-20(2,3)27-19(24)22-15-6-7-16(22)12-21(11-15)14-8-9-18(23(25)26)17(10-14)13-4-5-13/h8-10,13,15-16H,4-7,11-12H2,1-3H3. The van der Waals surface area contributed by atoms with Crippen LogP contribution in [0.5, 0.6) is 0 Å². The van der Waals surface area contributed by atoms with Gasteiger partial charge in [-0.3, -0.25) is 15.0 Å². The number of nitrogens with zero attached hydrogens (tertiary/aromatic N) is 3. The minimum absolute atomic E-state index is 0.137. The summed E-state index contributed by atoms with van der Waals surface area (Å²) in [4.78, 5) is 27.8. The number of nitro groups is 1. The topological polar surface area (TPSA) is 75.9 Å². The van der Waals surface area contributed by atoms with Crippen LogP contribution in [-0.4, -0.2) is 46.7 Å². The van der Waals surface area contributed by atoms with Gasteiger partial charge in [-0.2, -0.15) is 0 Å².